The molecule has 0 aliphatic heterocycles. The minimum absolute atomic E-state index is 0.232. The molecule has 0 unspecified atom stereocenters. The van der Waals surface area contributed by atoms with Crippen LogP contribution in [0.15, 0.2) is 36.4 Å². The van der Waals surface area contributed by atoms with E-state index in [-0.39, 0.29) is 25.6 Å². The molecule has 0 aliphatic carbocycles. The van der Waals surface area contributed by atoms with Crippen LogP contribution in [0.4, 0.5) is 0 Å². The Labute approximate surface area is 165 Å². The predicted octanol–water partition coefficient (Wildman–Crippen LogP) is 3.76. The standard InChI is InChI=1S/C21H28N2O5/c1-5-26-20(25)18-14-16(15-27-17-10-7-6-8-11-17)22-23(18)13-9-12-19(24)28-21(2,3)4/h6-8,10-11,14H,5,9,12-13,15H2,1-4H3. The molecule has 1 heterocycles. The van der Waals surface area contributed by atoms with Gasteiger partial charge in [-0.05, 0) is 52.3 Å². The molecule has 1 aromatic heterocycles. The molecule has 0 saturated carbocycles. The van der Waals surface area contributed by atoms with Crippen LogP contribution >= 0.6 is 0 Å². The highest BCUT2D eigenvalue weighted by Gasteiger charge is 2.19. The molecule has 0 aliphatic rings. The number of carbonyl (C=O) groups excluding carboxylic acids is 2. The van der Waals surface area contributed by atoms with Gasteiger partial charge in [-0.15, -0.1) is 0 Å². The lowest BCUT2D eigenvalue weighted by Gasteiger charge is -2.19. The van der Waals surface area contributed by atoms with Gasteiger partial charge in [-0.2, -0.15) is 5.10 Å². The largest absolute Gasteiger partial charge is 0.487 e. The lowest BCUT2D eigenvalue weighted by Crippen LogP contribution is -2.24. The van der Waals surface area contributed by atoms with Crippen molar-refractivity contribution in [2.45, 2.75) is 59.3 Å². The molecule has 0 amide bonds. The monoisotopic (exact) mass is 388 g/mol. The van der Waals surface area contributed by atoms with Gasteiger partial charge in [0.1, 0.15) is 29.3 Å². The Balaban J connectivity index is 2.01. The predicted molar refractivity (Wildman–Crippen MR) is 104 cm³/mol. The summed E-state index contributed by atoms with van der Waals surface area (Å²) in [6.07, 6.45) is 0.747. The first-order valence-electron chi connectivity index (χ1n) is 9.42. The normalized spacial score (nSPS) is 11.1. The summed E-state index contributed by atoms with van der Waals surface area (Å²) in [7, 11) is 0. The third-order valence-corrected chi connectivity index (χ3v) is 3.62. The fourth-order valence-corrected chi connectivity index (χ4v) is 2.52. The van der Waals surface area contributed by atoms with Gasteiger partial charge in [0.25, 0.3) is 0 Å². The summed E-state index contributed by atoms with van der Waals surface area (Å²) >= 11 is 0. The van der Waals surface area contributed by atoms with E-state index in [0.717, 1.165) is 5.75 Å². The van der Waals surface area contributed by atoms with E-state index in [2.05, 4.69) is 5.10 Å². The summed E-state index contributed by atoms with van der Waals surface area (Å²) in [5.41, 5.74) is 0.447. The molecule has 0 spiro atoms. The Morgan fingerprint density at radius 1 is 1.14 bits per heavy atom. The van der Waals surface area contributed by atoms with Crippen LogP contribution in [0.3, 0.4) is 0 Å². The van der Waals surface area contributed by atoms with Crippen molar-refractivity contribution in [2.75, 3.05) is 6.61 Å². The lowest BCUT2D eigenvalue weighted by atomic mass is 10.2. The Morgan fingerprint density at radius 2 is 1.86 bits per heavy atom. The molecule has 7 heteroatoms. The van der Waals surface area contributed by atoms with Crippen LogP contribution in [0.2, 0.25) is 0 Å². The topological polar surface area (TPSA) is 79.7 Å². The maximum absolute atomic E-state index is 12.2. The zero-order valence-corrected chi connectivity index (χ0v) is 16.9. The van der Waals surface area contributed by atoms with Crippen LogP contribution < -0.4 is 4.74 Å². The summed E-state index contributed by atoms with van der Waals surface area (Å²) in [5, 5.41) is 4.44. The van der Waals surface area contributed by atoms with E-state index < -0.39 is 11.6 Å². The second-order valence-corrected chi connectivity index (χ2v) is 7.26. The zero-order valence-electron chi connectivity index (χ0n) is 16.9. The van der Waals surface area contributed by atoms with E-state index in [0.29, 0.717) is 24.4 Å². The first-order valence-corrected chi connectivity index (χ1v) is 9.42. The van der Waals surface area contributed by atoms with E-state index in [1.807, 2.05) is 51.1 Å². The summed E-state index contributed by atoms with van der Waals surface area (Å²) in [6, 6.07) is 11.0. The van der Waals surface area contributed by atoms with Crippen molar-refractivity contribution in [1.82, 2.24) is 9.78 Å². The van der Waals surface area contributed by atoms with Crippen molar-refractivity contribution < 1.29 is 23.8 Å². The number of ether oxygens (including phenoxy) is 3. The van der Waals surface area contributed by atoms with Gasteiger partial charge in [0.05, 0.1) is 6.61 Å². The van der Waals surface area contributed by atoms with Gasteiger partial charge >= 0.3 is 11.9 Å². The molecule has 0 atom stereocenters. The van der Waals surface area contributed by atoms with Crippen molar-refractivity contribution in [3.05, 3.63) is 47.8 Å². The molecule has 0 bridgehead atoms. The van der Waals surface area contributed by atoms with E-state index in [4.69, 9.17) is 14.2 Å². The third kappa shape index (κ3) is 7.06. The van der Waals surface area contributed by atoms with E-state index in [9.17, 15) is 9.59 Å². The van der Waals surface area contributed by atoms with Gasteiger partial charge in [-0.3, -0.25) is 9.48 Å². The molecule has 0 N–H and O–H groups in total. The average Bonchev–Trinajstić information content (AvgIpc) is 3.03. The Bertz CT molecular complexity index is 778. The highest BCUT2D eigenvalue weighted by molar-refractivity contribution is 5.87. The molecule has 28 heavy (non-hydrogen) atoms. The molecular formula is C21H28N2O5. The highest BCUT2D eigenvalue weighted by Crippen LogP contribution is 2.14. The van der Waals surface area contributed by atoms with Crippen molar-refractivity contribution >= 4 is 11.9 Å². The van der Waals surface area contributed by atoms with Crippen molar-refractivity contribution in [2.24, 2.45) is 0 Å². The van der Waals surface area contributed by atoms with Crippen molar-refractivity contribution in [1.29, 1.82) is 0 Å². The smallest absolute Gasteiger partial charge is 0.356 e. The first kappa shape index (κ1) is 21.5. The summed E-state index contributed by atoms with van der Waals surface area (Å²) < 4.78 is 17.7. The SMILES string of the molecule is CCOC(=O)c1cc(COc2ccccc2)nn1CCCC(=O)OC(C)(C)C. The molecule has 1 aromatic carbocycles. The van der Waals surface area contributed by atoms with E-state index in [1.54, 1.807) is 17.7 Å². The van der Waals surface area contributed by atoms with Gasteiger partial charge in [-0.1, -0.05) is 18.2 Å². The summed E-state index contributed by atoms with van der Waals surface area (Å²) in [4.78, 5) is 24.1. The highest BCUT2D eigenvalue weighted by atomic mass is 16.6. The maximum atomic E-state index is 12.2. The van der Waals surface area contributed by atoms with E-state index >= 15 is 0 Å². The number of esters is 2. The Hall–Kier alpha value is -2.83. The number of nitrogens with zero attached hydrogens (tertiary/aromatic N) is 2. The van der Waals surface area contributed by atoms with Gasteiger partial charge in [0.2, 0.25) is 0 Å². The molecular weight excluding hydrogens is 360 g/mol. The van der Waals surface area contributed by atoms with Crippen LogP contribution in [-0.4, -0.2) is 33.9 Å². The van der Waals surface area contributed by atoms with Crippen LogP contribution in [-0.2, 0) is 27.4 Å². The number of aromatic nitrogens is 2. The number of para-hydroxylation sites is 1. The molecule has 2 rings (SSSR count). The first-order chi connectivity index (χ1) is 13.3. The molecule has 2 aromatic rings. The minimum atomic E-state index is -0.513. The molecule has 0 radical (unpaired) electrons. The summed E-state index contributed by atoms with van der Waals surface area (Å²) in [6.45, 7) is 8.15. The summed E-state index contributed by atoms with van der Waals surface area (Å²) in [5.74, 6) is 0.00265. The number of hydrogen-bond donors (Lipinski definition) is 0. The number of benzene rings is 1. The van der Waals surface area contributed by atoms with Gasteiger partial charge in [-0.25, -0.2) is 4.79 Å². The second kappa shape index (κ2) is 9.92. The number of aryl methyl sites for hydroxylation is 1. The van der Waals surface area contributed by atoms with Crippen molar-refractivity contribution in [3.63, 3.8) is 0 Å². The quantitative estimate of drug-likeness (QED) is 0.609. The Morgan fingerprint density at radius 3 is 2.50 bits per heavy atom. The second-order valence-electron chi connectivity index (χ2n) is 7.26. The van der Waals surface area contributed by atoms with Gasteiger partial charge < -0.3 is 14.2 Å². The fourth-order valence-electron chi connectivity index (χ4n) is 2.52. The zero-order chi connectivity index (χ0) is 20.6. The van der Waals surface area contributed by atoms with Crippen LogP contribution in [0.1, 0.15) is 56.7 Å². The number of hydrogen-bond acceptors (Lipinski definition) is 6. The van der Waals surface area contributed by atoms with Crippen LogP contribution in [0, 0.1) is 0 Å². The molecule has 0 fully saturated rings. The fraction of sp³-hybridized carbons (Fsp3) is 0.476. The van der Waals surface area contributed by atoms with Crippen LogP contribution in [0.5, 0.6) is 5.75 Å². The third-order valence-electron chi connectivity index (χ3n) is 3.62. The minimum Gasteiger partial charge on any atom is -0.487 e. The van der Waals surface area contributed by atoms with Crippen LogP contribution in [0.25, 0.3) is 0 Å². The molecule has 7 nitrogen and oxygen atoms in total. The van der Waals surface area contributed by atoms with Gasteiger partial charge in [0, 0.05) is 13.0 Å². The van der Waals surface area contributed by atoms with Gasteiger partial charge in [0.15, 0.2) is 0 Å². The maximum Gasteiger partial charge on any atom is 0.356 e. The Kier molecular flexibility index (Phi) is 7.61. The van der Waals surface area contributed by atoms with Crippen molar-refractivity contribution in [3.8, 4) is 5.75 Å². The molecule has 0 saturated heterocycles. The number of carbonyl (C=O) groups is 2. The molecule has 152 valence electrons. The number of rotatable bonds is 9. The lowest BCUT2D eigenvalue weighted by molar-refractivity contribution is -0.154. The van der Waals surface area contributed by atoms with E-state index in [1.165, 1.54) is 0 Å². The average molecular weight is 388 g/mol.